The van der Waals surface area contributed by atoms with Gasteiger partial charge in [0.25, 0.3) is 0 Å². The first-order valence-corrected chi connectivity index (χ1v) is 4.61. The Bertz CT molecular complexity index is 288. The molecular weight excluding hydrogens is 253 g/mol. The molecule has 0 radical (unpaired) electrons. The maximum absolute atomic E-state index is 10.2. The van der Waals surface area contributed by atoms with Crippen LogP contribution < -0.4 is 0 Å². The van der Waals surface area contributed by atoms with Crippen molar-refractivity contribution in [3.05, 3.63) is 13.9 Å². The second kappa shape index (κ2) is 3.51. The molecule has 1 N–H and O–H groups in total. The van der Waals surface area contributed by atoms with Crippen molar-refractivity contribution in [1.82, 2.24) is 4.98 Å². The second-order valence-electron chi connectivity index (χ2n) is 1.75. The van der Waals surface area contributed by atoms with E-state index < -0.39 is 5.97 Å². The summed E-state index contributed by atoms with van der Waals surface area (Å²) < 4.78 is 0.610. The quantitative estimate of drug-likeness (QED) is 0.882. The smallest absolute Gasteiger partial charge is 0.308 e. The zero-order valence-electron chi connectivity index (χ0n) is 5.17. The maximum atomic E-state index is 10.2. The van der Waals surface area contributed by atoms with Crippen LogP contribution in [0.5, 0.6) is 0 Å². The Morgan fingerprint density at radius 1 is 1.82 bits per heavy atom. The van der Waals surface area contributed by atoms with E-state index in [0.29, 0.717) is 8.79 Å². The van der Waals surface area contributed by atoms with E-state index in [1.807, 2.05) is 0 Å². The van der Waals surface area contributed by atoms with Crippen molar-refractivity contribution < 1.29 is 9.90 Å². The number of hydrogen-bond donors (Lipinski definition) is 1. The van der Waals surface area contributed by atoms with E-state index in [1.165, 1.54) is 11.3 Å². The predicted octanol–water partition coefficient (Wildman–Crippen LogP) is 2.19. The molecule has 0 saturated carbocycles. The van der Waals surface area contributed by atoms with Gasteiger partial charge in [-0.1, -0.05) is 11.6 Å². The lowest BCUT2D eigenvalue weighted by Gasteiger charge is -1.87. The van der Waals surface area contributed by atoms with E-state index in [-0.39, 0.29) is 11.6 Å². The summed E-state index contributed by atoms with van der Waals surface area (Å²) in [6.45, 7) is 0. The Kier molecular flexibility index (Phi) is 2.86. The van der Waals surface area contributed by atoms with Crippen LogP contribution in [0.1, 0.15) is 4.88 Å². The molecule has 0 atom stereocenters. The molecule has 0 amide bonds. The van der Waals surface area contributed by atoms with Crippen LogP contribution in [-0.4, -0.2) is 16.1 Å². The molecule has 0 fully saturated rings. The molecule has 11 heavy (non-hydrogen) atoms. The number of aliphatic carboxylic acids is 1. The van der Waals surface area contributed by atoms with Gasteiger partial charge in [0, 0.05) is 0 Å². The van der Waals surface area contributed by atoms with Crippen molar-refractivity contribution in [2.45, 2.75) is 6.42 Å². The molecule has 0 spiro atoms. The first-order valence-electron chi connectivity index (χ1n) is 2.62. The highest BCUT2D eigenvalue weighted by atomic mass is 79.9. The van der Waals surface area contributed by atoms with Crippen molar-refractivity contribution in [3.63, 3.8) is 0 Å². The summed E-state index contributed by atoms with van der Waals surface area (Å²) in [7, 11) is 0. The largest absolute Gasteiger partial charge is 0.481 e. The molecule has 60 valence electrons. The van der Waals surface area contributed by atoms with Crippen LogP contribution in [-0.2, 0) is 11.2 Å². The minimum atomic E-state index is -0.900. The first kappa shape index (κ1) is 8.96. The molecule has 1 aromatic rings. The molecule has 0 aliphatic carbocycles. The minimum Gasteiger partial charge on any atom is -0.481 e. The summed E-state index contributed by atoms with van der Waals surface area (Å²) in [6.07, 6.45) is -0.0674. The molecule has 0 aliphatic rings. The highest BCUT2D eigenvalue weighted by Gasteiger charge is 2.10. The van der Waals surface area contributed by atoms with Crippen LogP contribution >= 0.6 is 38.9 Å². The zero-order valence-corrected chi connectivity index (χ0v) is 8.33. The molecule has 1 heterocycles. The molecule has 6 heteroatoms. The van der Waals surface area contributed by atoms with Gasteiger partial charge in [-0.2, -0.15) is 0 Å². The second-order valence-corrected chi connectivity index (χ2v) is 4.47. The van der Waals surface area contributed by atoms with E-state index >= 15 is 0 Å². The zero-order chi connectivity index (χ0) is 8.43. The topological polar surface area (TPSA) is 50.2 Å². The van der Waals surface area contributed by atoms with Gasteiger partial charge >= 0.3 is 5.97 Å². The van der Waals surface area contributed by atoms with Gasteiger partial charge in [0.05, 0.1) is 11.3 Å². The molecule has 0 bridgehead atoms. The van der Waals surface area contributed by atoms with Crippen LogP contribution in [0.2, 0.25) is 5.15 Å². The number of halogens is 2. The monoisotopic (exact) mass is 255 g/mol. The summed E-state index contributed by atoms with van der Waals surface area (Å²) in [5.74, 6) is -0.900. The number of nitrogens with zero attached hydrogens (tertiary/aromatic N) is 1. The SMILES string of the molecule is O=C(O)Cc1sc(Br)nc1Cl. The van der Waals surface area contributed by atoms with Gasteiger partial charge in [-0.15, -0.1) is 11.3 Å². The van der Waals surface area contributed by atoms with Crippen molar-refractivity contribution in [3.8, 4) is 0 Å². The number of hydrogen-bond acceptors (Lipinski definition) is 3. The van der Waals surface area contributed by atoms with Gasteiger partial charge in [-0.3, -0.25) is 4.79 Å². The number of carboxylic acids is 1. The van der Waals surface area contributed by atoms with Gasteiger partial charge in [0.15, 0.2) is 3.92 Å². The van der Waals surface area contributed by atoms with Gasteiger partial charge in [-0.05, 0) is 15.9 Å². The third kappa shape index (κ3) is 2.43. The predicted molar refractivity (Wildman–Crippen MR) is 46.2 cm³/mol. The molecule has 3 nitrogen and oxygen atoms in total. The van der Waals surface area contributed by atoms with Crippen LogP contribution in [0.4, 0.5) is 0 Å². The van der Waals surface area contributed by atoms with Crippen LogP contribution in [0, 0.1) is 0 Å². The third-order valence-electron chi connectivity index (χ3n) is 0.935. The van der Waals surface area contributed by atoms with Crippen molar-refractivity contribution in [2.24, 2.45) is 0 Å². The number of thiazole rings is 1. The highest BCUT2D eigenvalue weighted by Crippen LogP contribution is 2.27. The van der Waals surface area contributed by atoms with Crippen molar-refractivity contribution >= 4 is 44.8 Å². The average molecular weight is 257 g/mol. The molecule has 0 saturated heterocycles. The molecule has 1 rings (SSSR count). The minimum absolute atomic E-state index is 0.0674. The number of rotatable bonds is 2. The fraction of sp³-hybridized carbons (Fsp3) is 0.200. The summed E-state index contributed by atoms with van der Waals surface area (Å²) in [6, 6.07) is 0. The summed E-state index contributed by atoms with van der Waals surface area (Å²) in [4.78, 5) is 14.6. The lowest BCUT2D eigenvalue weighted by Crippen LogP contribution is -1.97. The van der Waals surface area contributed by atoms with Crippen LogP contribution in [0.3, 0.4) is 0 Å². The third-order valence-corrected chi connectivity index (χ3v) is 2.87. The van der Waals surface area contributed by atoms with E-state index in [4.69, 9.17) is 16.7 Å². The Hall–Kier alpha value is -0.130. The standard InChI is InChI=1S/C5H3BrClNO2S/c6-5-8-4(7)2(11-5)1-3(9)10/h1H2,(H,9,10). The number of aromatic nitrogens is 1. The summed E-state index contributed by atoms with van der Waals surface area (Å²) >= 11 is 9.93. The maximum Gasteiger partial charge on any atom is 0.308 e. The fourth-order valence-electron chi connectivity index (χ4n) is 0.552. The summed E-state index contributed by atoms with van der Waals surface area (Å²) in [5, 5.41) is 8.67. The van der Waals surface area contributed by atoms with E-state index in [0.717, 1.165) is 0 Å². The van der Waals surface area contributed by atoms with Gasteiger partial charge in [-0.25, -0.2) is 4.98 Å². The van der Waals surface area contributed by atoms with Gasteiger partial charge < -0.3 is 5.11 Å². The first-order chi connectivity index (χ1) is 5.09. The average Bonchev–Trinajstić information content (AvgIpc) is 2.09. The number of carboxylic acid groups (broad SMARTS) is 1. The van der Waals surface area contributed by atoms with Crippen LogP contribution in [0.15, 0.2) is 3.92 Å². The van der Waals surface area contributed by atoms with Crippen molar-refractivity contribution in [2.75, 3.05) is 0 Å². The lowest BCUT2D eigenvalue weighted by molar-refractivity contribution is -0.136. The Balaban J connectivity index is 2.85. The van der Waals surface area contributed by atoms with E-state index in [1.54, 1.807) is 0 Å². The Morgan fingerprint density at radius 3 is 2.82 bits per heavy atom. The molecule has 0 aliphatic heterocycles. The van der Waals surface area contributed by atoms with Gasteiger partial charge in [0.1, 0.15) is 5.15 Å². The normalized spacial score (nSPS) is 10.0. The summed E-state index contributed by atoms with van der Waals surface area (Å²) in [5.41, 5.74) is 0. The lowest BCUT2D eigenvalue weighted by atomic mass is 10.4. The Labute approximate surface area is 80.1 Å². The van der Waals surface area contributed by atoms with Crippen LogP contribution in [0.25, 0.3) is 0 Å². The molecule has 1 aromatic heterocycles. The van der Waals surface area contributed by atoms with Crippen molar-refractivity contribution in [1.29, 1.82) is 0 Å². The highest BCUT2D eigenvalue weighted by molar-refractivity contribution is 9.11. The van der Waals surface area contributed by atoms with E-state index in [2.05, 4.69) is 20.9 Å². The van der Waals surface area contributed by atoms with Gasteiger partial charge in [0.2, 0.25) is 0 Å². The molecular formula is C5H3BrClNO2S. The Morgan fingerprint density at radius 2 is 2.45 bits per heavy atom. The fourth-order valence-corrected chi connectivity index (χ4v) is 2.40. The molecule has 0 unspecified atom stereocenters. The number of carbonyl (C=O) groups is 1. The van der Waals surface area contributed by atoms with E-state index in [9.17, 15) is 4.79 Å². The molecule has 0 aromatic carbocycles.